The van der Waals surface area contributed by atoms with E-state index in [1.807, 2.05) is 0 Å². The van der Waals surface area contributed by atoms with Gasteiger partial charge in [0.15, 0.2) is 0 Å². The van der Waals surface area contributed by atoms with Crippen LogP contribution in [-0.2, 0) is 17.1 Å². The maximum Gasteiger partial charge on any atom is 0.410 e. The summed E-state index contributed by atoms with van der Waals surface area (Å²) >= 11 is 3.99. The standard InChI is InChI=1S/C22H23BrF3NO5S/c23-14-4-1-3-13(11-14)22(25,26)18(28)7-6-15-8-10-32-21(31)27(15)9-2-5-16-12-17(24)19(33-16)20(29)30/h1,3-4,11-12,15,18,28H,2,5-10H2,(H,29,30). The van der Waals surface area contributed by atoms with Gasteiger partial charge in [0.25, 0.3) is 5.92 Å². The molecule has 2 heterocycles. The highest BCUT2D eigenvalue weighted by molar-refractivity contribution is 9.10. The fourth-order valence-electron chi connectivity index (χ4n) is 3.77. The number of amides is 1. The fraction of sp³-hybridized carbons (Fsp3) is 0.455. The maximum absolute atomic E-state index is 14.7. The zero-order valence-electron chi connectivity index (χ0n) is 17.5. The molecule has 1 aliphatic rings. The topological polar surface area (TPSA) is 87.1 Å². The van der Waals surface area contributed by atoms with Gasteiger partial charge in [-0.3, -0.25) is 0 Å². The Morgan fingerprint density at radius 1 is 1.36 bits per heavy atom. The molecule has 0 radical (unpaired) electrons. The average Bonchev–Trinajstić information content (AvgIpc) is 3.14. The largest absolute Gasteiger partial charge is 0.477 e. The first-order valence-electron chi connectivity index (χ1n) is 10.4. The van der Waals surface area contributed by atoms with Gasteiger partial charge >= 0.3 is 12.1 Å². The highest BCUT2D eigenvalue weighted by atomic mass is 79.9. The first kappa shape index (κ1) is 25.5. The molecule has 3 rings (SSSR count). The number of ether oxygens (including phenoxy) is 1. The molecule has 1 amide bonds. The Balaban J connectivity index is 1.57. The molecule has 11 heteroatoms. The molecule has 1 aliphatic heterocycles. The van der Waals surface area contributed by atoms with Crippen molar-refractivity contribution in [1.29, 1.82) is 0 Å². The molecule has 0 spiro atoms. The van der Waals surface area contributed by atoms with Gasteiger partial charge in [-0.15, -0.1) is 11.3 Å². The van der Waals surface area contributed by atoms with Gasteiger partial charge < -0.3 is 19.8 Å². The van der Waals surface area contributed by atoms with Gasteiger partial charge in [0, 0.05) is 33.9 Å². The number of cyclic esters (lactones) is 1. The number of aromatic carboxylic acids is 1. The quantitative estimate of drug-likeness (QED) is 0.413. The van der Waals surface area contributed by atoms with E-state index in [-0.39, 0.29) is 42.5 Å². The number of aliphatic hydroxyl groups excluding tert-OH is 1. The fourth-order valence-corrected chi connectivity index (χ4v) is 5.09. The maximum atomic E-state index is 14.7. The summed E-state index contributed by atoms with van der Waals surface area (Å²) in [5.74, 6) is -5.57. The summed E-state index contributed by atoms with van der Waals surface area (Å²) < 4.78 is 48.6. The number of nitrogens with zero attached hydrogens (tertiary/aromatic N) is 1. The van der Waals surface area contributed by atoms with Crippen LogP contribution in [0.4, 0.5) is 18.0 Å². The molecule has 2 N–H and O–H groups in total. The van der Waals surface area contributed by atoms with Gasteiger partial charge in [-0.2, -0.15) is 8.78 Å². The van der Waals surface area contributed by atoms with Gasteiger partial charge in [0.1, 0.15) is 16.8 Å². The van der Waals surface area contributed by atoms with Crippen LogP contribution in [0.3, 0.4) is 0 Å². The highest BCUT2D eigenvalue weighted by Gasteiger charge is 2.41. The lowest BCUT2D eigenvalue weighted by Gasteiger charge is -2.36. The third-order valence-electron chi connectivity index (χ3n) is 5.51. The van der Waals surface area contributed by atoms with Gasteiger partial charge in [-0.05, 0) is 43.9 Å². The SMILES string of the molecule is O=C(O)c1sc(CCCN2C(=O)OCCC2CCC(O)C(F)(F)c2cccc(Br)c2)cc1F. The molecule has 2 unspecified atom stereocenters. The lowest BCUT2D eigenvalue weighted by Crippen LogP contribution is -2.47. The predicted octanol–water partition coefficient (Wildman–Crippen LogP) is 5.42. The van der Waals surface area contributed by atoms with Crippen molar-refractivity contribution in [3.8, 4) is 0 Å². The average molecular weight is 550 g/mol. The highest BCUT2D eigenvalue weighted by Crippen LogP contribution is 2.36. The van der Waals surface area contributed by atoms with Gasteiger partial charge in [-0.1, -0.05) is 28.1 Å². The third-order valence-corrected chi connectivity index (χ3v) is 7.16. The van der Waals surface area contributed by atoms with E-state index >= 15 is 0 Å². The van der Waals surface area contributed by atoms with Crippen molar-refractivity contribution in [1.82, 2.24) is 4.90 Å². The van der Waals surface area contributed by atoms with Crippen molar-refractivity contribution in [3.05, 3.63) is 55.9 Å². The number of alkyl halides is 2. The number of carboxylic acids is 1. The Labute approximate surface area is 201 Å². The lowest BCUT2D eigenvalue weighted by molar-refractivity contribution is -0.120. The van der Waals surface area contributed by atoms with Gasteiger partial charge in [-0.25, -0.2) is 14.0 Å². The summed E-state index contributed by atoms with van der Waals surface area (Å²) in [6, 6.07) is 6.38. The molecule has 6 nitrogen and oxygen atoms in total. The minimum absolute atomic E-state index is 0.163. The molecule has 1 aromatic carbocycles. The number of halogens is 4. The number of aryl methyl sites for hydroxylation is 1. The molecule has 0 bridgehead atoms. The molecule has 0 saturated carbocycles. The predicted molar refractivity (Wildman–Crippen MR) is 119 cm³/mol. The third kappa shape index (κ3) is 6.27. The van der Waals surface area contributed by atoms with E-state index in [2.05, 4.69) is 15.9 Å². The second kappa shape index (κ2) is 10.9. The number of thiophene rings is 1. The van der Waals surface area contributed by atoms with E-state index in [1.165, 1.54) is 29.2 Å². The van der Waals surface area contributed by atoms with Crippen LogP contribution in [0.15, 0.2) is 34.8 Å². The summed E-state index contributed by atoms with van der Waals surface area (Å²) in [6.45, 7) is 0.403. The summed E-state index contributed by atoms with van der Waals surface area (Å²) in [5, 5.41) is 19.2. The number of carboxylic acid groups (broad SMARTS) is 1. The number of carbonyl (C=O) groups is 2. The zero-order valence-corrected chi connectivity index (χ0v) is 19.9. The van der Waals surface area contributed by atoms with Crippen molar-refractivity contribution in [2.24, 2.45) is 0 Å². The molecule has 1 aromatic heterocycles. The minimum Gasteiger partial charge on any atom is -0.477 e. The number of aliphatic hydroxyl groups is 1. The molecular formula is C22H23BrF3NO5S. The van der Waals surface area contributed by atoms with Crippen molar-refractivity contribution in [3.63, 3.8) is 0 Å². The van der Waals surface area contributed by atoms with Crippen LogP contribution in [0, 0.1) is 5.82 Å². The summed E-state index contributed by atoms with van der Waals surface area (Å²) in [5.41, 5.74) is -0.298. The molecule has 1 fully saturated rings. The Morgan fingerprint density at radius 2 is 2.12 bits per heavy atom. The number of carbonyl (C=O) groups excluding carboxylic acids is 1. The van der Waals surface area contributed by atoms with Crippen LogP contribution in [-0.4, -0.2) is 52.5 Å². The lowest BCUT2D eigenvalue weighted by atomic mass is 9.96. The smallest absolute Gasteiger partial charge is 0.410 e. The van der Waals surface area contributed by atoms with Crippen molar-refractivity contribution in [2.45, 2.75) is 50.2 Å². The summed E-state index contributed by atoms with van der Waals surface area (Å²) in [7, 11) is 0. The molecule has 33 heavy (non-hydrogen) atoms. The van der Waals surface area contributed by atoms with Crippen LogP contribution < -0.4 is 0 Å². The Kier molecular flexibility index (Phi) is 8.41. The van der Waals surface area contributed by atoms with Crippen LogP contribution in [0.2, 0.25) is 0 Å². The Morgan fingerprint density at radius 3 is 2.79 bits per heavy atom. The monoisotopic (exact) mass is 549 g/mol. The number of benzene rings is 1. The zero-order chi connectivity index (χ0) is 24.2. The van der Waals surface area contributed by atoms with E-state index < -0.39 is 29.9 Å². The number of rotatable bonds is 10. The van der Waals surface area contributed by atoms with Crippen LogP contribution >= 0.6 is 27.3 Å². The summed E-state index contributed by atoms with van der Waals surface area (Å²) in [6.07, 6.45) is -1.32. The Bertz CT molecular complexity index is 1000. The van der Waals surface area contributed by atoms with Crippen LogP contribution in [0.25, 0.3) is 0 Å². The molecule has 0 aliphatic carbocycles. The van der Waals surface area contributed by atoms with Gasteiger partial charge in [0.05, 0.1) is 6.61 Å². The second-order valence-corrected chi connectivity index (χ2v) is 9.83. The number of hydrogen-bond acceptors (Lipinski definition) is 5. The van der Waals surface area contributed by atoms with Crippen molar-refractivity contribution >= 4 is 39.3 Å². The molecule has 180 valence electrons. The van der Waals surface area contributed by atoms with Crippen LogP contribution in [0.5, 0.6) is 0 Å². The normalized spacial score (nSPS) is 17.7. The molecule has 2 aromatic rings. The molecular weight excluding hydrogens is 527 g/mol. The Hall–Kier alpha value is -2.11. The minimum atomic E-state index is -3.45. The van der Waals surface area contributed by atoms with E-state index in [0.29, 0.717) is 28.6 Å². The first-order chi connectivity index (χ1) is 15.6. The van der Waals surface area contributed by atoms with Crippen LogP contribution in [0.1, 0.15) is 45.8 Å². The first-order valence-corrected chi connectivity index (χ1v) is 12.0. The summed E-state index contributed by atoms with van der Waals surface area (Å²) in [4.78, 5) is 24.8. The van der Waals surface area contributed by atoms with E-state index in [1.54, 1.807) is 6.07 Å². The van der Waals surface area contributed by atoms with E-state index in [4.69, 9.17) is 9.84 Å². The second-order valence-electron chi connectivity index (χ2n) is 7.78. The van der Waals surface area contributed by atoms with E-state index in [0.717, 1.165) is 11.3 Å². The van der Waals surface area contributed by atoms with Crippen molar-refractivity contribution in [2.75, 3.05) is 13.2 Å². The van der Waals surface area contributed by atoms with E-state index in [9.17, 15) is 27.9 Å². The van der Waals surface area contributed by atoms with Crippen molar-refractivity contribution < 1.29 is 37.7 Å². The molecule has 2 atom stereocenters. The molecule has 1 saturated heterocycles. The van der Waals surface area contributed by atoms with Gasteiger partial charge in [0.2, 0.25) is 0 Å². The number of hydrogen-bond donors (Lipinski definition) is 2.